The number of rotatable bonds is 5. The van der Waals surface area contributed by atoms with Crippen LogP contribution in [0.2, 0.25) is 0 Å². The minimum atomic E-state index is 0.505. The molecular weight excluding hydrogens is 426 g/mol. The van der Waals surface area contributed by atoms with Crippen LogP contribution in [0.15, 0.2) is 62.6 Å². The third-order valence-electron chi connectivity index (χ3n) is 4.08. The molecule has 0 saturated heterocycles. The third-order valence-corrected chi connectivity index (χ3v) is 5.58. The van der Waals surface area contributed by atoms with Gasteiger partial charge in [0.15, 0.2) is 11.0 Å². The molecule has 0 fully saturated rings. The molecule has 6 nitrogen and oxygen atoms in total. The number of halogens is 1. The summed E-state index contributed by atoms with van der Waals surface area (Å²) in [6.07, 6.45) is 0. The van der Waals surface area contributed by atoms with E-state index in [-0.39, 0.29) is 0 Å². The zero-order chi connectivity index (χ0) is 18.8. The van der Waals surface area contributed by atoms with E-state index >= 15 is 0 Å². The molecule has 4 rings (SSSR count). The predicted octanol–water partition coefficient (Wildman–Crippen LogP) is 4.90. The summed E-state index contributed by atoms with van der Waals surface area (Å²) in [5.74, 6) is 2.43. The number of thioether (sulfide) groups is 1. The second-order valence-electron chi connectivity index (χ2n) is 5.98. The van der Waals surface area contributed by atoms with Crippen molar-refractivity contribution in [2.75, 3.05) is 0 Å². The monoisotopic (exact) mass is 441 g/mol. The Balaban J connectivity index is 1.50. The van der Waals surface area contributed by atoms with Gasteiger partial charge in [0.2, 0.25) is 11.8 Å². The summed E-state index contributed by atoms with van der Waals surface area (Å²) in [7, 11) is 1.96. The fourth-order valence-corrected chi connectivity index (χ4v) is 3.82. The largest absolute Gasteiger partial charge is 0.420 e. The highest BCUT2D eigenvalue weighted by molar-refractivity contribution is 9.10. The van der Waals surface area contributed by atoms with Gasteiger partial charge >= 0.3 is 0 Å². The molecular formula is C19H16BrN5OS. The van der Waals surface area contributed by atoms with Crippen molar-refractivity contribution in [2.24, 2.45) is 7.05 Å². The van der Waals surface area contributed by atoms with Gasteiger partial charge in [-0.1, -0.05) is 58.0 Å². The standard InChI is InChI=1S/C19H16BrN5OS/c1-12-6-3-4-9-15(12)17-22-24-19(25(17)2)27-11-16-21-23-18(26-16)13-7-5-8-14(20)10-13/h3-10H,11H2,1-2H3. The van der Waals surface area contributed by atoms with Crippen molar-refractivity contribution in [3.63, 3.8) is 0 Å². The fourth-order valence-electron chi connectivity index (χ4n) is 2.68. The highest BCUT2D eigenvalue weighted by Crippen LogP contribution is 2.28. The van der Waals surface area contributed by atoms with Crippen LogP contribution >= 0.6 is 27.7 Å². The van der Waals surface area contributed by atoms with Gasteiger partial charge in [-0.15, -0.1) is 20.4 Å². The van der Waals surface area contributed by atoms with E-state index in [1.165, 1.54) is 17.3 Å². The van der Waals surface area contributed by atoms with Gasteiger partial charge in [0, 0.05) is 22.6 Å². The molecule has 0 saturated carbocycles. The Hall–Kier alpha value is -2.45. The minimum absolute atomic E-state index is 0.505. The van der Waals surface area contributed by atoms with Crippen LogP contribution in [0.3, 0.4) is 0 Å². The van der Waals surface area contributed by atoms with Crippen LogP contribution in [0.5, 0.6) is 0 Å². The van der Waals surface area contributed by atoms with E-state index in [1.807, 2.05) is 48.0 Å². The Morgan fingerprint density at radius 1 is 1.04 bits per heavy atom. The molecule has 0 atom stereocenters. The van der Waals surface area contributed by atoms with Crippen LogP contribution in [-0.2, 0) is 12.8 Å². The molecule has 27 heavy (non-hydrogen) atoms. The van der Waals surface area contributed by atoms with E-state index < -0.39 is 0 Å². The topological polar surface area (TPSA) is 69.6 Å². The van der Waals surface area contributed by atoms with Gasteiger partial charge in [-0.2, -0.15) is 0 Å². The van der Waals surface area contributed by atoms with Gasteiger partial charge in [-0.3, -0.25) is 0 Å². The van der Waals surface area contributed by atoms with E-state index in [2.05, 4.69) is 55.4 Å². The van der Waals surface area contributed by atoms with Gasteiger partial charge in [-0.25, -0.2) is 0 Å². The fraction of sp³-hybridized carbons (Fsp3) is 0.158. The Kier molecular flexibility index (Phi) is 5.09. The predicted molar refractivity (Wildman–Crippen MR) is 108 cm³/mol. The summed E-state index contributed by atoms with van der Waals surface area (Å²) in [4.78, 5) is 0. The smallest absolute Gasteiger partial charge is 0.247 e. The number of aryl methyl sites for hydroxylation is 1. The van der Waals surface area contributed by atoms with E-state index in [9.17, 15) is 0 Å². The SMILES string of the molecule is Cc1ccccc1-c1nnc(SCc2nnc(-c3cccc(Br)c3)o2)n1C. The van der Waals surface area contributed by atoms with Crippen LogP contribution in [0.4, 0.5) is 0 Å². The zero-order valence-electron chi connectivity index (χ0n) is 14.8. The molecule has 2 heterocycles. The molecule has 0 radical (unpaired) electrons. The molecule has 0 aliphatic carbocycles. The number of aromatic nitrogens is 5. The van der Waals surface area contributed by atoms with Crippen molar-refractivity contribution < 1.29 is 4.42 Å². The summed E-state index contributed by atoms with van der Waals surface area (Å²) in [5.41, 5.74) is 3.13. The summed E-state index contributed by atoms with van der Waals surface area (Å²) >= 11 is 4.97. The van der Waals surface area contributed by atoms with E-state index in [4.69, 9.17) is 4.42 Å². The molecule has 0 aliphatic rings. The maximum atomic E-state index is 5.78. The second kappa shape index (κ2) is 7.66. The van der Waals surface area contributed by atoms with Crippen LogP contribution in [0.1, 0.15) is 11.5 Å². The lowest BCUT2D eigenvalue weighted by atomic mass is 10.1. The molecule has 0 spiro atoms. The maximum Gasteiger partial charge on any atom is 0.247 e. The van der Waals surface area contributed by atoms with Crippen LogP contribution in [0, 0.1) is 6.92 Å². The zero-order valence-corrected chi connectivity index (χ0v) is 17.2. The minimum Gasteiger partial charge on any atom is -0.420 e. The molecule has 0 bridgehead atoms. The van der Waals surface area contributed by atoms with Gasteiger partial charge in [0.05, 0.1) is 5.75 Å². The molecule has 4 aromatic rings. The third kappa shape index (κ3) is 3.81. The lowest BCUT2D eigenvalue weighted by Crippen LogP contribution is -1.96. The molecule has 8 heteroatoms. The highest BCUT2D eigenvalue weighted by Gasteiger charge is 2.15. The van der Waals surface area contributed by atoms with E-state index in [0.717, 1.165) is 26.6 Å². The van der Waals surface area contributed by atoms with Crippen LogP contribution in [0.25, 0.3) is 22.8 Å². The quantitative estimate of drug-likeness (QED) is 0.410. The first-order valence-corrected chi connectivity index (χ1v) is 10.1. The summed E-state index contributed by atoms with van der Waals surface area (Å²) in [6.45, 7) is 2.07. The van der Waals surface area contributed by atoms with E-state index in [0.29, 0.717) is 17.5 Å². The Morgan fingerprint density at radius 2 is 1.89 bits per heavy atom. The van der Waals surface area contributed by atoms with Crippen molar-refractivity contribution in [1.82, 2.24) is 25.0 Å². The summed E-state index contributed by atoms with van der Waals surface area (Å²) < 4.78 is 8.73. The van der Waals surface area contributed by atoms with Crippen molar-refractivity contribution in [3.8, 4) is 22.8 Å². The molecule has 0 aliphatic heterocycles. The summed E-state index contributed by atoms with van der Waals surface area (Å²) in [5, 5.41) is 17.7. The Labute approximate surface area is 169 Å². The molecule has 0 amide bonds. The van der Waals surface area contributed by atoms with Gasteiger partial charge < -0.3 is 8.98 Å². The molecule has 2 aromatic heterocycles. The lowest BCUT2D eigenvalue weighted by molar-refractivity contribution is 0.528. The normalized spacial score (nSPS) is 11.1. The first-order chi connectivity index (χ1) is 13.1. The van der Waals surface area contributed by atoms with Gasteiger partial charge in [0.25, 0.3) is 0 Å². The first-order valence-electron chi connectivity index (χ1n) is 8.28. The second-order valence-corrected chi connectivity index (χ2v) is 7.84. The molecule has 0 N–H and O–H groups in total. The number of benzene rings is 2. The summed E-state index contributed by atoms with van der Waals surface area (Å²) in [6, 6.07) is 15.9. The molecule has 0 unspecified atom stereocenters. The Bertz CT molecular complexity index is 1090. The van der Waals surface area contributed by atoms with Crippen molar-refractivity contribution in [1.29, 1.82) is 0 Å². The van der Waals surface area contributed by atoms with Crippen LogP contribution in [-0.4, -0.2) is 25.0 Å². The molecule has 136 valence electrons. The average Bonchev–Trinajstić information content (AvgIpc) is 3.28. The first kappa shape index (κ1) is 17.9. The number of hydrogen-bond acceptors (Lipinski definition) is 6. The van der Waals surface area contributed by atoms with Gasteiger partial charge in [0.1, 0.15) is 0 Å². The highest BCUT2D eigenvalue weighted by atomic mass is 79.9. The van der Waals surface area contributed by atoms with Crippen LogP contribution < -0.4 is 0 Å². The van der Waals surface area contributed by atoms with E-state index in [1.54, 1.807) is 0 Å². The number of hydrogen-bond donors (Lipinski definition) is 0. The Morgan fingerprint density at radius 3 is 2.70 bits per heavy atom. The van der Waals surface area contributed by atoms with Crippen molar-refractivity contribution in [3.05, 3.63) is 64.5 Å². The van der Waals surface area contributed by atoms with Crippen molar-refractivity contribution >= 4 is 27.7 Å². The lowest BCUT2D eigenvalue weighted by Gasteiger charge is -2.05. The van der Waals surface area contributed by atoms with Gasteiger partial charge in [-0.05, 0) is 30.7 Å². The average molecular weight is 442 g/mol. The van der Waals surface area contributed by atoms with Crippen molar-refractivity contribution in [2.45, 2.75) is 17.8 Å². The maximum absolute atomic E-state index is 5.78. The number of nitrogens with zero attached hydrogens (tertiary/aromatic N) is 5. The molecule has 2 aromatic carbocycles.